The molecule has 0 fully saturated rings. The fourth-order valence-corrected chi connectivity index (χ4v) is 3.31. The number of amides is 1. The number of hydrogen-bond donors (Lipinski definition) is 3. The van der Waals surface area contributed by atoms with Crippen LogP contribution in [0.5, 0.6) is 0 Å². The standard InChI is InChI=1S/C14H14N6O4S/c1-8-12(13(22)20-14(17-8)15-7-16-20)19-25(23,24)11-5-3-10(4-6-11)18-9(2)21/h3-7,19H,1-2H3,(H,18,21)(H,15,16,17). The fraction of sp³-hybridized carbons (Fsp3) is 0.143. The van der Waals surface area contributed by atoms with Crippen molar-refractivity contribution >= 4 is 33.1 Å². The Morgan fingerprint density at radius 1 is 1.24 bits per heavy atom. The highest BCUT2D eigenvalue weighted by Gasteiger charge is 2.20. The van der Waals surface area contributed by atoms with Gasteiger partial charge in [0.1, 0.15) is 12.0 Å². The van der Waals surface area contributed by atoms with Crippen molar-refractivity contribution in [1.29, 1.82) is 0 Å². The number of aromatic nitrogens is 4. The van der Waals surface area contributed by atoms with Crippen molar-refractivity contribution in [2.45, 2.75) is 18.7 Å². The molecule has 0 saturated heterocycles. The Kier molecular flexibility index (Phi) is 4.00. The van der Waals surface area contributed by atoms with Gasteiger partial charge in [0, 0.05) is 12.6 Å². The number of aromatic amines is 1. The molecule has 0 saturated carbocycles. The quantitative estimate of drug-likeness (QED) is 0.617. The Labute approximate surface area is 142 Å². The summed E-state index contributed by atoms with van der Waals surface area (Å²) in [6.07, 6.45) is 1.28. The molecular weight excluding hydrogens is 348 g/mol. The number of carbonyl (C=O) groups is 1. The van der Waals surface area contributed by atoms with Crippen LogP contribution in [0.15, 0.2) is 40.3 Å². The van der Waals surface area contributed by atoms with E-state index in [4.69, 9.17) is 0 Å². The van der Waals surface area contributed by atoms with Gasteiger partial charge in [-0.05, 0) is 31.2 Å². The maximum atomic E-state index is 12.5. The highest BCUT2D eigenvalue weighted by Crippen LogP contribution is 2.18. The molecule has 3 N–H and O–H groups in total. The van der Waals surface area contributed by atoms with Crippen molar-refractivity contribution in [3.05, 3.63) is 46.6 Å². The van der Waals surface area contributed by atoms with E-state index < -0.39 is 15.6 Å². The summed E-state index contributed by atoms with van der Waals surface area (Å²) in [4.78, 5) is 31.2. The summed E-state index contributed by atoms with van der Waals surface area (Å²) in [7, 11) is -4.01. The molecule has 0 bridgehead atoms. The van der Waals surface area contributed by atoms with Crippen LogP contribution in [0.3, 0.4) is 0 Å². The average molecular weight is 362 g/mol. The van der Waals surface area contributed by atoms with E-state index >= 15 is 0 Å². The third-order valence-electron chi connectivity index (χ3n) is 3.33. The van der Waals surface area contributed by atoms with Crippen LogP contribution in [0.2, 0.25) is 0 Å². The van der Waals surface area contributed by atoms with Gasteiger partial charge >= 0.3 is 0 Å². The first-order valence-corrected chi connectivity index (χ1v) is 8.59. The number of carbonyl (C=O) groups excluding carboxylic acids is 1. The van der Waals surface area contributed by atoms with Gasteiger partial charge in [0.15, 0.2) is 0 Å². The Morgan fingerprint density at radius 3 is 2.56 bits per heavy atom. The number of sulfonamides is 1. The van der Waals surface area contributed by atoms with E-state index in [1.165, 1.54) is 44.4 Å². The van der Waals surface area contributed by atoms with Crippen molar-refractivity contribution in [1.82, 2.24) is 19.6 Å². The normalized spacial score (nSPS) is 11.4. The first-order chi connectivity index (χ1) is 11.8. The van der Waals surface area contributed by atoms with Crippen molar-refractivity contribution in [2.75, 3.05) is 10.0 Å². The van der Waals surface area contributed by atoms with Crippen LogP contribution in [0.1, 0.15) is 12.6 Å². The smallest absolute Gasteiger partial charge is 0.298 e. The number of aryl methyl sites for hydroxylation is 1. The maximum absolute atomic E-state index is 12.5. The molecule has 0 spiro atoms. The average Bonchev–Trinajstić information content (AvgIpc) is 3.00. The van der Waals surface area contributed by atoms with Crippen LogP contribution in [0, 0.1) is 6.92 Å². The molecule has 130 valence electrons. The van der Waals surface area contributed by atoms with Gasteiger partial charge in [0.25, 0.3) is 21.4 Å². The molecule has 2 aromatic heterocycles. The molecule has 2 heterocycles. The third-order valence-corrected chi connectivity index (χ3v) is 4.70. The zero-order chi connectivity index (χ0) is 18.2. The number of hydrogen-bond acceptors (Lipinski definition) is 6. The van der Waals surface area contributed by atoms with Crippen LogP contribution < -0.4 is 15.6 Å². The molecule has 10 nitrogen and oxygen atoms in total. The van der Waals surface area contributed by atoms with E-state index in [0.717, 1.165) is 4.52 Å². The maximum Gasteiger partial charge on any atom is 0.298 e. The predicted molar refractivity (Wildman–Crippen MR) is 89.9 cm³/mol. The monoisotopic (exact) mass is 362 g/mol. The number of anilines is 2. The Balaban J connectivity index is 1.96. The largest absolute Gasteiger partial charge is 0.326 e. The van der Waals surface area contributed by atoms with Crippen LogP contribution in [0.25, 0.3) is 5.78 Å². The molecule has 0 atom stereocenters. The third kappa shape index (κ3) is 3.21. The van der Waals surface area contributed by atoms with E-state index in [9.17, 15) is 18.0 Å². The molecule has 25 heavy (non-hydrogen) atoms. The zero-order valence-corrected chi connectivity index (χ0v) is 14.1. The number of benzene rings is 1. The fourth-order valence-electron chi connectivity index (χ4n) is 2.19. The van der Waals surface area contributed by atoms with Gasteiger partial charge in [-0.25, -0.2) is 18.4 Å². The summed E-state index contributed by atoms with van der Waals surface area (Å²) in [5, 5.41) is 5.10. The molecule has 0 unspecified atom stereocenters. The summed E-state index contributed by atoms with van der Waals surface area (Å²) in [5.41, 5.74) is -0.120. The molecule has 3 rings (SSSR count). The minimum Gasteiger partial charge on any atom is -0.326 e. The molecule has 3 aromatic rings. The second-order valence-electron chi connectivity index (χ2n) is 5.21. The molecule has 11 heteroatoms. The minimum atomic E-state index is -4.01. The number of H-pyrrole nitrogens is 1. The van der Waals surface area contributed by atoms with Crippen molar-refractivity contribution in [3.8, 4) is 0 Å². The van der Waals surface area contributed by atoms with Crippen molar-refractivity contribution < 1.29 is 13.2 Å². The minimum absolute atomic E-state index is 0.0601. The van der Waals surface area contributed by atoms with E-state index in [0.29, 0.717) is 5.69 Å². The molecule has 0 aliphatic rings. The number of nitrogens with zero attached hydrogens (tertiary/aromatic N) is 3. The molecule has 0 aliphatic heterocycles. The van der Waals surface area contributed by atoms with Crippen molar-refractivity contribution in [2.24, 2.45) is 0 Å². The SMILES string of the molecule is CC(=O)Nc1ccc(S(=O)(=O)Nc2c(C)nc3nc[nH]n3c2=O)cc1. The second kappa shape index (κ2) is 6.02. The molecule has 1 aromatic carbocycles. The Hall–Kier alpha value is -3.21. The number of fused-ring (bicyclic) bond motifs is 1. The molecule has 1 amide bonds. The molecule has 0 radical (unpaired) electrons. The van der Waals surface area contributed by atoms with Gasteiger partial charge in [-0.1, -0.05) is 0 Å². The zero-order valence-electron chi connectivity index (χ0n) is 13.3. The summed E-state index contributed by atoms with van der Waals surface area (Å²) < 4.78 is 28.3. The topological polar surface area (TPSA) is 138 Å². The summed E-state index contributed by atoms with van der Waals surface area (Å²) in [5.74, 6) is -0.124. The van der Waals surface area contributed by atoms with Gasteiger partial charge in [-0.2, -0.15) is 4.52 Å². The van der Waals surface area contributed by atoms with Crippen LogP contribution in [0.4, 0.5) is 11.4 Å². The molecule has 0 aliphatic carbocycles. The first-order valence-electron chi connectivity index (χ1n) is 7.11. The highest BCUT2D eigenvalue weighted by atomic mass is 32.2. The van der Waals surface area contributed by atoms with E-state index in [1.807, 2.05) is 0 Å². The lowest BCUT2D eigenvalue weighted by Gasteiger charge is -2.10. The summed E-state index contributed by atoms with van der Waals surface area (Å²) in [6, 6.07) is 5.55. The molecular formula is C14H14N6O4S. The van der Waals surface area contributed by atoms with Gasteiger partial charge in [0.05, 0.1) is 10.6 Å². The summed E-state index contributed by atoms with van der Waals surface area (Å²) in [6.45, 7) is 2.86. The van der Waals surface area contributed by atoms with Crippen LogP contribution >= 0.6 is 0 Å². The highest BCUT2D eigenvalue weighted by molar-refractivity contribution is 7.92. The van der Waals surface area contributed by atoms with Gasteiger partial charge in [-0.3, -0.25) is 19.4 Å². The van der Waals surface area contributed by atoms with Crippen LogP contribution in [-0.4, -0.2) is 33.9 Å². The lowest BCUT2D eigenvalue weighted by atomic mass is 10.3. The second-order valence-corrected chi connectivity index (χ2v) is 6.89. The van der Waals surface area contributed by atoms with E-state index in [1.54, 1.807) is 0 Å². The predicted octanol–water partition coefficient (Wildman–Crippen LogP) is 0.485. The van der Waals surface area contributed by atoms with Crippen molar-refractivity contribution in [3.63, 3.8) is 0 Å². The van der Waals surface area contributed by atoms with Gasteiger partial charge < -0.3 is 5.32 Å². The summed E-state index contributed by atoms with van der Waals surface area (Å²) >= 11 is 0. The van der Waals surface area contributed by atoms with Crippen LogP contribution in [-0.2, 0) is 14.8 Å². The number of rotatable bonds is 4. The van der Waals surface area contributed by atoms with Gasteiger partial charge in [-0.15, -0.1) is 0 Å². The first kappa shape index (κ1) is 16.6. The lowest BCUT2D eigenvalue weighted by molar-refractivity contribution is -0.114. The Morgan fingerprint density at radius 2 is 1.92 bits per heavy atom. The lowest BCUT2D eigenvalue weighted by Crippen LogP contribution is -2.25. The van der Waals surface area contributed by atoms with E-state index in [2.05, 4.69) is 25.1 Å². The Bertz CT molecular complexity index is 1110. The van der Waals surface area contributed by atoms with Gasteiger partial charge in [0.2, 0.25) is 5.91 Å². The van der Waals surface area contributed by atoms with E-state index in [-0.39, 0.29) is 28.0 Å². The number of nitrogens with one attached hydrogen (secondary N) is 3.